The van der Waals surface area contributed by atoms with E-state index in [1.807, 2.05) is 44.2 Å². The number of nitrogens with one attached hydrogen (secondary N) is 2. The van der Waals surface area contributed by atoms with Crippen LogP contribution in [-0.4, -0.2) is 77.7 Å². The van der Waals surface area contributed by atoms with Crippen molar-refractivity contribution in [1.82, 2.24) is 9.97 Å². The molecule has 1 saturated heterocycles. The van der Waals surface area contributed by atoms with Gasteiger partial charge in [0.05, 0.1) is 67.4 Å². The molecule has 1 aliphatic rings. The van der Waals surface area contributed by atoms with Gasteiger partial charge in [0.1, 0.15) is 40.3 Å². The summed E-state index contributed by atoms with van der Waals surface area (Å²) < 4.78 is 28.7. The number of aromatic nitrogens is 2. The predicted molar refractivity (Wildman–Crippen MR) is 177 cm³/mol. The number of piperazine rings is 1. The minimum absolute atomic E-state index is 0.245. The van der Waals surface area contributed by atoms with Crippen molar-refractivity contribution in [2.45, 2.75) is 13.8 Å². The number of hydrogen-bond donors (Lipinski definition) is 2. The highest BCUT2D eigenvalue weighted by Crippen LogP contribution is 2.42. The SMILES string of the molecule is COc1ccc(N(C(=O)Oc2c(C)cccc2C)c2ccnc(Nc3cc(OC)c(N4CC[NH+](C)CC4)c(OC)c3)n2)c(OC)c1. The van der Waals surface area contributed by atoms with Crippen molar-refractivity contribution >= 4 is 34.9 Å². The summed E-state index contributed by atoms with van der Waals surface area (Å²) in [5.74, 6) is 3.26. The minimum Gasteiger partial charge on any atom is -0.497 e. The topological polar surface area (TPSA) is 112 Å². The molecule has 0 radical (unpaired) electrons. The predicted octanol–water partition coefficient (Wildman–Crippen LogP) is 4.54. The number of likely N-dealkylation sites (N-methyl/N-ethyl adjacent to an activating group) is 1. The first-order valence-corrected chi connectivity index (χ1v) is 15.0. The highest BCUT2D eigenvalue weighted by atomic mass is 16.6. The lowest BCUT2D eigenvalue weighted by Crippen LogP contribution is -3.12. The van der Waals surface area contributed by atoms with Crippen LogP contribution < -0.4 is 43.7 Å². The van der Waals surface area contributed by atoms with Crippen molar-refractivity contribution in [3.8, 4) is 28.7 Å². The third-order valence-corrected chi connectivity index (χ3v) is 7.95. The van der Waals surface area contributed by atoms with Gasteiger partial charge in [0.25, 0.3) is 0 Å². The van der Waals surface area contributed by atoms with Crippen LogP contribution >= 0.6 is 0 Å². The molecule has 0 unspecified atom stereocenters. The van der Waals surface area contributed by atoms with E-state index in [0.717, 1.165) is 43.0 Å². The van der Waals surface area contributed by atoms with E-state index in [2.05, 4.69) is 22.2 Å². The van der Waals surface area contributed by atoms with E-state index >= 15 is 0 Å². The third-order valence-electron chi connectivity index (χ3n) is 7.95. The molecule has 46 heavy (non-hydrogen) atoms. The highest BCUT2D eigenvalue weighted by molar-refractivity contribution is 5.98. The Labute approximate surface area is 269 Å². The van der Waals surface area contributed by atoms with Gasteiger partial charge in [0.2, 0.25) is 5.95 Å². The molecule has 5 rings (SSSR count). The number of nitrogens with zero attached hydrogens (tertiary/aromatic N) is 4. The van der Waals surface area contributed by atoms with Crippen molar-refractivity contribution in [1.29, 1.82) is 0 Å². The maximum Gasteiger partial charge on any atom is 0.425 e. The second kappa shape index (κ2) is 14.2. The van der Waals surface area contributed by atoms with Crippen LogP contribution in [0.2, 0.25) is 0 Å². The van der Waals surface area contributed by atoms with Crippen molar-refractivity contribution in [3.05, 3.63) is 71.9 Å². The summed E-state index contributed by atoms with van der Waals surface area (Å²) in [4.78, 5) is 28.3. The summed E-state index contributed by atoms with van der Waals surface area (Å²) in [7, 11) is 8.56. The molecule has 0 aliphatic carbocycles. The quantitative estimate of drug-likeness (QED) is 0.259. The molecule has 3 aromatic carbocycles. The molecule has 0 spiro atoms. The van der Waals surface area contributed by atoms with Gasteiger partial charge in [0.15, 0.2) is 0 Å². The zero-order valence-corrected chi connectivity index (χ0v) is 27.3. The Kier molecular flexibility index (Phi) is 9.97. The summed E-state index contributed by atoms with van der Waals surface area (Å²) in [6, 6.07) is 16.2. The number of quaternary nitrogens is 1. The van der Waals surface area contributed by atoms with Crippen LogP contribution in [-0.2, 0) is 0 Å². The number of carbonyl (C=O) groups excluding carboxylic acids is 1. The number of para-hydroxylation sites is 1. The van der Waals surface area contributed by atoms with Gasteiger partial charge in [-0.3, -0.25) is 0 Å². The largest absolute Gasteiger partial charge is 0.497 e. The number of ether oxygens (including phenoxy) is 5. The molecule has 0 saturated carbocycles. The third kappa shape index (κ3) is 6.86. The first-order chi connectivity index (χ1) is 22.3. The van der Waals surface area contributed by atoms with Gasteiger partial charge in [0, 0.05) is 36.1 Å². The fourth-order valence-electron chi connectivity index (χ4n) is 5.43. The van der Waals surface area contributed by atoms with Crippen molar-refractivity contribution in [2.24, 2.45) is 0 Å². The first kappa shape index (κ1) is 32.2. The lowest BCUT2D eigenvalue weighted by molar-refractivity contribution is -0.880. The Morgan fingerprint density at radius 2 is 1.52 bits per heavy atom. The Balaban J connectivity index is 1.52. The van der Waals surface area contributed by atoms with E-state index in [1.54, 1.807) is 51.8 Å². The lowest BCUT2D eigenvalue weighted by Gasteiger charge is -2.33. The van der Waals surface area contributed by atoms with Crippen LogP contribution in [0.4, 0.5) is 33.6 Å². The van der Waals surface area contributed by atoms with Gasteiger partial charge in [-0.2, -0.15) is 4.98 Å². The van der Waals surface area contributed by atoms with Gasteiger partial charge in [-0.1, -0.05) is 18.2 Å². The van der Waals surface area contributed by atoms with Crippen LogP contribution in [0.5, 0.6) is 28.7 Å². The van der Waals surface area contributed by atoms with Gasteiger partial charge in [-0.15, -0.1) is 0 Å². The molecule has 0 atom stereocenters. The molecular formula is C34H41N6O6+. The zero-order valence-electron chi connectivity index (χ0n) is 27.3. The Morgan fingerprint density at radius 3 is 2.13 bits per heavy atom. The Bertz CT molecular complexity index is 1650. The van der Waals surface area contributed by atoms with Crippen molar-refractivity contribution in [2.75, 3.05) is 76.8 Å². The van der Waals surface area contributed by atoms with Crippen LogP contribution in [0, 0.1) is 13.8 Å². The number of benzene rings is 3. The smallest absolute Gasteiger partial charge is 0.425 e. The molecule has 2 heterocycles. The van der Waals surface area contributed by atoms with Crippen LogP contribution in [0.1, 0.15) is 11.1 Å². The van der Waals surface area contributed by atoms with E-state index in [9.17, 15) is 4.79 Å². The molecule has 1 aliphatic heterocycles. The number of amides is 1. The fourth-order valence-corrected chi connectivity index (χ4v) is 5.43. The van der Waals surface area contributed by atoms with Gasteiger partial charge < -0.3 is 38.8 Å². The molecule has 4 aromatic rings. The monoisotopic (exact) mass is 629 g/mol. The average molecular weight is 630 g/mol. The van der Waals surface area contributed by atoms with E-state index in [0.29, 0.717) is 40.1 Å². The molecule has 242 valence electrons. The second-order valence-electron chi connectivity index (χ2n) is 11.0. The summed E-state index contributed by atoms with van der Waals surface area (Å²) in [5.41, 5.74) is 3.62. The number of methoxy groups -OCH3 is 4. The van der Waals surface area contributed by atoms with Gasteiger partial charge in [-0.25, -0.2) is 14.7 Å². The lowest BCUT2D eigenvalue weighted by atomic mass is 10.1. The van der Waals surface area contributed by atoms with E-state index < -0.39 is 6.09 Å². The summed E-state index contributed by atoms with van der Waals surface area (Å²) in [6.45, 7) is 7.60. The molecule has 12 nitrogen and oxygen atoms in total. The number of rotatable bonds is 10. The second-order valence-corrected chi connectivity index (χ2v) is 11.0. The number of carbonyl (C=O) groups is 1. The fraction of sp³-hybridized carbons (Fsp3) is 0.324. The van der Waals surface area contributed by atoms with E-state index in [-0.39, 0.29) is 11.8 Å². The molecule has 12 heteroatoms. The van der Waals surface area contributed by atoms with Crippen molar-refractivity contribution in [3.63, 3.8) is 0 Å². The summed E-state index contributed by atoms with van der Waals surface area (Å²) in [5, 5.41) is 3.26. The van der Waals surface area contributed by atoms with Gasteiger partial charge >= 0.3 is 6.09 Å². The maximum atomic E-state index is 14.0. The zero-order chi connectivity index (χ0) is 32.8. The molecule has 0 bridgehead atoms. The first-order valence-electron chi connectivity index (χ1n) is 15.0. The summed E-state index contributed by atoms with van der Waals surface area (Å²) >= 11 is 0. The normalized spacial score (nSPS) is 13.2. The highest BCUT2D eigenvalue weighted by Gasteiger charge is 2.28. The summed E-state index contributed by atoms with van der Waals surface area (Å²) in [6.07, 6.45) is 0.891. The van der Waals surface area contributed by atoms with Gasteiger partial charge in [-0.05, 0) is 37.1 Å². The molecular weight excluding hydrogens is 588 g/mol. The Hall–Kier alpha value is -5.23. The number of anilines is 5. The van der Waals surface area contributed by atoms with Crippen molar-refractivity contribution < 1.29 is 33.4 Å². The molecule has 1 amide bonds. The molecule has 1 fully saturated rings. The van der Waals surface area contributed by atoms with Crippen LogP contribution in [0.25, 0.3) is 0 Å². The van der Waals surface area contributed by atoms with E-state index in [1.165, 1.54) is 16.9 Å². The molecule has 1 aromatic heterocycles. The minimum atomic E-state index is -0.674. The Morgan fingerprint density at radius 1 is 0.870 bits per heavy atom. The number of aryl methyl sites for hydroxylation is 2. The average Bonchev–Trinajstić information content (AvgIpc) is 3.07. The van der Waals surface area contributed by atoms with E-state index in [4.69, 9.17) is 28.7 Å². The van der Waals surface area contributed by atoms with Crippen LogP contribution in [0.15, 0.2) is 60.8 Å². The number of hydrogen-bond acceptors (Lipinski definition) is 10. The molecule has 2 N–H and O–H groups in total. The maximum absolute atomic E-state index is 14.0. The standard InChI is InChI=1S/C34H40N6O6/c1-22-9-8-10-23(2)32(22)46-34(41)40(26-12-11-25(42-4)21-27(26)43-5)30-13-14-35-33(37-30)36-24-19-28(44-6)31(29(20-24)45-7)39-17-15-38(3)16-18-39/h8-14,19-21H,15-18H2,1-7H3,(H,35,36,37)/p+1. The van der Waals surface area contributed by atoms with Crippen LogP contribution in [0.3, 0.4) is 0 Å².